The fourth-order valence-electron chi connectivity index (χ4n) is 4.34. The van der Waals surface area contributed by atoms with Crippen molar-refractivity contribution in [1.29, 1.82) is 0 Å². The number of aromatic nitrogens is 2. The lowest BCUT2D eigenvalue weighted by atomic mass is 9.90. The second-order valence-electron chi connectivity index (χ2n) is 7.25. The van der Waals surface area contributed by atoms with Gasteiger partial charge in [-0.3, -0.25) is 9.59 Å². The van der Waals surface area contributed by atoms with E-state index in [9.17, 15) is 14.7 Å². The van der Waals surface area contributed by atoms with E-state index in [0.29, 0.717) is 29.6 Å². The average molecular weight is 377 g/mol. The first-order valence-electron chi connectivity index (χ1n) is 9.31. The molecule has 0 spiro atoms. The number of fused-ring (bicyclic) bond motifs is 5. The normalized spacial score (nSPS) is 17.2. The maximum atomic E-state index is 13.1. The van der Waals surface area contributed by atoms with E-state index in [1.165, 1.54) is 0 Å². The Morgan fingerprint density at radius 2 is 2.14 bits per heavy atom. The molecule has 28 heavy (non-hydrogen) atoms. The number of cyclic esters (lactones) is 1. The van der Waals surface area contributed by atoms with E-state index in [1.54, 1.807) is 16.7 Å². The molecule has 2 aromatic heterocycles. The van der Waals surface area contributed by atoms with Gasteiger partial charge in [-0.2, -0.15) is 0 Å². The lowest BCUT2D eigenvalue weighted by Gasteiger charge is -2.24. The smallest absolute Gasteiger partial charge is 0.313 e. The van der Waals surface area contributed by atoms with Crippen molar-refractivity contribution >= 4 is 16.9 Å². The highest BCUT2D eigenvalue weighted by Crippen LogP contribution is 2.37. The van der Waals surface area contributed by atoms with Crippen molar-refractivity contribution in [2.75, 3.05) is 0 Å². The van der Waals surface area contributed by atoms with Gasteiger partial charge in [-0.15, -0.1) is 0 Å². The predicted octanol–water partition coefficient (Wildman–Crippen LogP) is 2.14. The molecule has 0 fully saturated rings. The van der Waals surface area contributed by atoms with Crippen molar-refractivity contribution in [3.8, 4) is 17.1 Å². The Kier molecular flexibility index (Phi) is 3.57. The van der Waals surface area contributed by atoms with Crippen LogP contribution < -0.4 is 11.3 Å². The number of carbonyl (C=O) groups excluding carboxylic acids is 1. The minimum atomic E-state index is -0.423. The quantitative estimate of drug-likeness (QED) is 0.518. The van der Waals surface area contributed by atoms with Crippen LogP contribution in [0.1, 0.15) is 41.5 Å². The van der Waals surface area contributed by atoms with Gasteiger partial charge in [-0.1, -0.05) is 6.92 Å². The molecule has 5 rings (SSSR count). The van der Waals surface area contributed by atoms with Crippen molar-refractivity contribution in [3.05, 3.63) is 56.9 Å². The Bertz CT molecular complexity index is 1230. The standard InChI is InChI=1S/C21H19N3O4/c1-2-11-12-6-17-19-10(8-24(17)20(26)15(12)9-28-21(11)27)5-13-14(7-22)18(25)4-3-16(13)23-19/h3-6,11,25H,2,7-9,22H2,1H3. The van der Waals surface area contributed by atoms with Crippen molar-refractivity contribution < 1.29 is 14.6 Å². The zero-order valence-electron chi connectivity index (χ0n) is 15.4. The predicted molar refractivity (Wildman–Crippen MR) is 103 cm³/mol. The molecule has 2 aliphatic rings. The summed E-state index contributed by atoms with van der Waals surface area (Å²) in [5.41, 5.74) is 10.7. The summed E-state index contributed by atoms with van der Waals surface area (Å²) in [6, 6.07) is 7.20. The molecule has 0 saturated heterocycles. The van der Waals surface area contributed by atoms with E-state index >= 15 is 0 Å². The van der Waals surface area contributed by atoms with Crippen molar-refractivity contribution in [1.82, 2.24) is 9.55 Å². The zero-order valence-corrected chi connectivity index (χ0v) is 15.4. The van der Waals surface area contributed by atoms with Crippen LogP contribution in [0.5, 0.6) is 5.75 Å². The minimum absolute atomic E-state index is 0.0146. The summed E-state index contributed by atoms with van der Waals surface area (Å²) < 4.78 is 6.91. The van der Waals surface area contributed by atoms with Crippen LogP contribution in [0.15, 0.2) is 29.1 Å². The highest BCUT2D eigenvalue weighted by Gasteiger charge is 2.34. The van der Waals surface area contributed by atoms with Crippen LogP contribution in [-0.2, 0) is 29.2 Å². The number of nitrogens with zero attached hydrogens (tertiary/aromatic N) is 2. The molecule has 1 atom stereocenters. The summed E-state index contributed by atoms with van der Waals surface area (Å²) in [7, 11) is 0. The Morgan fingerprint density at radius 3 is 2.89 bits per heavy atom. The molecule has 2 aliphatic heterocycles. The molecular formula is C21H19N3O4. The number of esters is 1. The summed E-state index contributed by atoms with van der Waals surface area (Å²) in [6.07, 6.45) is 0.575. The van der Waals surface area contributed by atoms with Crippen molar-refractivity contribution in [3.63, 3.8) is 0 Å². The average Bonchev–Trinajstić information content (AvgIpc) is 3.04. The third kappa shape index (κ3) is 2.16. The summed E-state index contributed by atoms with van der Waals surface area (Å²) in [6.45, 7) is 2.51. The Hall–Kier alpha value is -3.19. The van der Waals surface area contributed by atoms with Crippen LogP contribution in [-0.4, -0.2) is 20.6 Å². The molecule has 7 nitrogen and oxygen atoms in total. The molecular weight excluding hydrogens is 358 g/mol. The van der Waals surface area contributed by atoms with Crippen LogP contribution in [0.25, 0.3) is 22.3 Å². The van der Waals surface area contributed by atoms with E-state index in [4.69, 9.17) is 15.5 Å². The zero-order chi connectivity index (χ0) is 19.6. The summed E-state index contributed by atoms with van der Waals surface area (Å²) >= 11 is 0. The van der Waals surface area contributed by atoms with Crippen molar-refractivity contribution in [2.24, 2.45) is 5.73 Å². The van der Waals surface area contributed by atoms with Crippen LogP contribution in [0, 0.1) is 0 Å². The fraction of sp³-hybridized carbons (Fsp3) is 0.286. The number of ether oxygens (including phenoxy) is 1. The summed E-state index contributed by atoms with van der Waals surface area (Å²) in [5.74, 6) is -0.568. The van der Waals surface area contributed by atoms with Crippen LogP contribution in [0.3, 0.4) is 0 Å². The number of hydrogen-bond acceptors (Lipinski definition) is 6. The van der Waals surface area contributed by atoms with Crippen LogP contribution >= 0.6 is 0 Å². The first-order valence-corrected chi connectivity index (χ1v) is 9.31. The van der Waals surface area contributed by atoms with Crippen LogP contribution in [0.2, 0.25) is 0 Å². The molecule has 7 heteroatoms. The highest BCUT2D eigenvalue weighted by atomic mass is 16.5. The molecule has 0 amide bonds. The lowest BCUT2D eigenvalue weighted by molar-refractivity contribution is -0.148. The fourth-order valence-corrected chi connectivity index (χ4v) is 4.34. The number of phenolic OH excluding ortho intramolecular Hbond substituents is 1. The number of nitrogens with two attached hydrogens (primary N) is 1. The number of hydrogen-bond donors (Lipinski definition) is 2. The van der Waals surface area contributed by atoms with Gasteiger partial charge >= 0.3 is 5.97 Å². The van der Waals surface area contributed by atoms with E-state index < -0.39 is 5.92 Å². The molecule has 142 valence electrons. The summed E-state index contributed by atoms with van der Waals surface area (Å²) in [4.78, 5) is 30.0. The van der Waals surface area contributed by atoms with Gasteiger partial charge in [0.15, 0.2) is 0 Å². The number of pyridine rings is 2. The third-order valence-corrected chi connectivity index (χ3v) is 5.80. The summed E-state index contributed by atoms with van der Waals surface area (Å²) in [5, 5.41) is 10.9. The maximum absolute atomic E-state index is 13.1. The molecule has 0 aliphatic carbocycles. The van der Waals surface area contributed by atoms with Gasteiger partial charge in [0.25, 0.3) is 5.56 Å². The number of phenols is 1. The maximum Gasteiger partial charge on any atom is 0.313 e. The van der Waals surface area contributed by atoms with E-state index in [-0.39, 0.29) is 30.4 Å². The third-order valence-electron chi connectivity index (χ3n) is 5.80. The second-order valence-corrected chi connectivity index (χ2v) is 7.25. The van der Waals surface area contributed by atoms with E-state index in [2.05, 4.69) is 0 Å². The van der Waals surface area contributed by atoms with Gasteiger partial charge < -0.3 is 20.1 Å². The first kappa shape index (κ1) is 16.9. The highest BCUT2D eigenvalue weighted by molar-refractivity contribution is 5.89. The van der Waals surface area contributed by atoms with Gasteiger partial charge in [0.1, 0.15) is 12.4 Å². The van der Waals surface area contributed by atoms with Gasteiger partial charge in [0.2, 0.25) is 0 Å². The van der Waals surface area contributed by atoms with Gasteiger partial charge in [0.05, 0.1) is 34.9 Å². The Morgan fingerprint density at radius 1 is 1.32 bits per heavy atom. The van der Waals surface area contributed by atoms with E-state index in [1.807, 2.05) is 19.1 Å². The Labute approximate surface area is 160 Å². The van der Waals surface area contributed by atoms with Gasteiger partial charge in [-0.25, -0.2) is 4.98 Å². The SMILES string of the molecule is CCC1C(=O)OCc2c1cc1n(c2=O)Cc2cc3c(CN)c(O)ccc3nc2-1. The van der Waals surface area contributed by atoms with Gasteiger partial charge in [-0.05, 0) is 36.2 Å². The lowest BCUT2D eigenvalue weighted by Crippen LogP contribution is -2.32. The number of rotatable bonds is 2. The largest absolute Gasteiger partial charge is 0.508 e. The molecule has 0 bridgehead atoms. The number of benzene rings is 1. The molecule has 4 heterocycles. The van der Waals surface area contributed by atoms with E-state index in [0.717, 1.165) is 27.9 Å². The molecule has 1 unspecified atom stereocenters. The topological polar surface area (TPSA) is 107 Å². The molecule has 0 saturated carbocycles. The Balaban J connectivity index is 1.77. The van der Waals surface area contributed by atoms with Crippen molar-refractivity contribution in [2.45, 2.75) is 39.0 Å². The first-order chi connectivity index (χ1) is 13.5. The minimum Gasteiger partial charge on any atom is -0.508 e. The molecule has 3 N–H and O–H groups in total. The van der Waals surface area contributed by atoms with Crippen LogP contribution in [0.4, 0.5) is 0 Å². The molecule has 3 aromatic rings. The molecule has 0 radical (unpaired) electrons. The number of aromatic hydroxyl groups is 1. The number of carbonyl (C=O) groups is 1. The second kappa shape index (κ2) is 5.90. The molecule has 1 aromatic carbocycles. The monoisotopic (exact) mass is 377 g/mol. The van der Waals surface area contributed by atoms with Gasteiger partial charge in [0, 0.05) is 23.1 Å².